The molecule has 0 amide bonds. The summed E-state index contributed by atoms with van der Waals surface area (Å²) < 4.78 is 26.8. The number of hydrogen-bond acceptors (Lipinski definition) is 3. The molecule has 2 heterocycles. The van der Waals surface area contributed by atoms with Crippen molar-refractivity contribution < 1.29 is 13.7 Å². The van der Waals surface area contributed by atoms with Crippen LogP contribution in [0, 0.1) is 5.92 Å². The van der Waals surface area contributed by atoms with E-state index < -0.39 is 18.3 Å². The summed E-state index contributed by atoms with van der Waals surface area (Å²) in [5.74, 6) is 0.892. The molecule has 26 heavy (non-hydrogen) atoms. The van der Waals surface area contributed by atoms with Gasteiger partial charge in [-0.15, -0.1) is 0 Å². The van der Waals surface area contributed by atoms with Crippen LogP contribution in [0.25, 0.3) is 6.08 Å². The molecule has 0 spiro atoms. The van der Waals surface area contributed by atoms with Crippen molar-refractivity contribution in [1.29, 1.82) is 0 Å². The standard InChI is InChI=1S/C20H32BFN2O2/c1-13(2)11-16-15(18(24-23-16)14-9-7-8-10-14)12-17(22)21-25-19(3,4)20(5,6)26-21/h12-14H,7-11H2,1-6H3,(H,23,24). The van der Waals surface area contributed by atoms with Gasteiger partial charge in [-0.2, -0.15) is 5.10 Å². The van der Waals surface area contributed by atoms with Gasteiger partial charge >= 0.3 is 7.12 Å². The Hall–Kier alpha value is -1.14. The summed E-state index contributed by atoms with van der Waals surface area (Å²) in [7, 11) is -0.960. The first kappa shape index (κ1) is 19.6. The highest BCUT2D eigenvalue weighted by Gasteiger charge is 2.53. The number of halogens is 1. The van der Waals surface area contributed by atoms with Crippen LogP contribution < -0.4 is 0 Å². The summed E-state index contributed by atoms with van der Waals surface area (Å²) >= 11 is 0. The van der Waals surface area contributed by atoms with Gasteiger partial charge < -0.3 is 9.31 Å². The third kappa shape index (κ3) is 3.77. The minimum atomic E-state index is -0.960. The van der Waals surface area contributed by atoms with Crippen LogP contribution in [0.15, 0.2) is 5.73 Å². The van der Waals surface area contributed by atoms with Gasteiger partial charge in [0.05, 0.1) is 16.9 Å². The molecule has 1 saturated carbocycles. The van der Waals surface area contributed by atoms with E-state index in [0.717, 1.165) is 36.2 Å². The summed E-state index contributed by atoms with van der Waals surface area (Å²) in [5.41, 5.74) is 1.44. The molecule has 1 aliphatic carbocycles. The Morgan fingerprint density at radius 2 is 1.81 bits per heavy atom. The number of nitrogens with one attached hydrogen (secondary N) is 1. The Morgan fingerprint density at radius 3 is 2.35 bits per heavy atom. The number of nitrogens with zero attached hydrogens (tertiary/aromatic N) is 1. The zero-order valence-electron chi connectivity index (χ0n) is 17.0. The molecule has 0 atom stereocenters. The van der Waals surface area contributed by atoms with Gasteiger partial charge in [0.25, 0.3) is 0 Å². The Balaban J connectivity index is 1.91. The minimum absolute atomic E-state index is 0.380. The van der Waals surface area contributed by atoms with Gasteiger partial charge in [-0.05, 0) is 59.0 Å². The van der Waals surface area contributed by atoms with Crippen molar-refractivity contribution in [3.05, 3.63) is 22.7 Å². The number of aromatic amines is 1. The summed E-state index contributed by atoms with van der Waals surface area (Å²) in [6.07, 6.45) is 7.15. The lowest BCUT2D eigenvalue weighted by Crippen LogP contribution is -2.41. The zero-order chi connectivity index (χ0) is 19.1. The molecule has 1 aromatic rings. The van der Waals surface area contributed by atoms with Crippen molar-refractivity contribution >= 4 is 13.2 Å². The monoisotopic (exact) mass is 362 g/mol. The molecule has 1 N–H and O–H groups in total. The molecule has 0 radical (unpaired) electrons. The van der Waals surface area contributed by atoms with E-state index in [4.69, 9.17) is 9.31 Å². The fourth-order valence-corrected chi connectivity index (χ4v) is 3.80. The van der Waals surface area contributed by atoms with Gasteiger partial charge in [0.2, 0.25) is 0 Å². The van der Waals surface area contributed by atoms with Crippen molar-refractivity contribution in [2.24, 2.45) is 5.92 Å². The van der Waals surface area contributed by atoms with Gasteiger partial charge in [-0.25, -0.2) is 4.39 Å². The second-order valence-electron chi connectivity index (χ2n) is 9.20. The molecule has 0 aromatic carbocycles. The van der Waals surface area contributed by atoms with Crippen molar-refractivity contribution in [3.8, 4) is 0 Å². The van der Waals surface area contributed by atoms with Gasteiger partial charge in [-0.1, -0.05) is 26.7 Å². The van der Waals surface area contributed by atoms with E-state index in [-0.39, 0.29) is 5.73 Å². The summed E-state index contributed by atoms with van der Waals surface area (Å²) in [5, 5.41) is 7.74. The average Bonchev–Trinajstić information content (AvgIpc) is 3.20. The lowest BCUT2D eigenvalue weighted by atomic mass is 9.85. The highest BCUT2D eigenvalue weighted by Crippen LogP contribution is 2.40. The summed E-state index contributed by atoms with van der Waals surface area (Å²) in [4.78, 5) is 0. The molecule has 1 saturated heterocycles. The largest absolute Gasteiger partial charge is 0.525 e. The van der Waals surface area contributed by atoms with Crippen LogP contribution in [-0.4, -0.2) is 28.5 Å². The first-order chi connectivity index (χ1) is 12.1. The molecular formula is C20H32BFN2O2. The van der Waals surface area contributed by atoms with E-state index in [2.05, 4.69) is 24.0 Å². The quantitative estimate of drug-likeness (QED) is 0.732. The molecule has 2 fully saturated rings. The van der Waals surface area contributed by atoms with Gasteiger partial charge in [-0.3, -0.25) is 5.10 Å². The number of aromatic nitrogens is 2. The normalized spacial score (nSPS) is 23.4. The van der Waals surface area contributed by atoms with E-state index in [9.17, 15) is 0 Å². The second kappa shape index (κ2) is 7.12. The van der Waals surface area contributed by atoms with Crippen molar-refractivity contribution in [3.63, 3.8) is 0 Å². The first-order valence-electron chi connectivity index (χ1n) is 9.90. The molecule has 144 valence electrons. The fraction of sp³-hybridized carbons (Fsp3) is 0.750. The fourth-order valence-electron chi connectivity index (χ4n) is 3.80. The Morgan fingerprint density at radius 1 is 1.23 bits per heavy atom. The van der Waals surface area contributed by atoms with E-state index in [1.54, 1.807) is 6.08 Å². The Bertz CT molecular complexity index is 659. The van der Waals surface area contributed by atoms with Gasteiger partial charge in [0, 0.05) is 17.2 Å². The van der Waals surface area contributed by atoms with Crippen LogP contribution in [-0.2, 0) is 15.7 Å². The lowest BCUT2D eigenvalue weighted by molar-refractivity contribution is 0.00578. The average molecular weight is 362 g/mol. The Labute approximate surface area is 157 Å². The Kier molecular flexibility index (Phi) is 5.37. The number of rotatable bonds is 5. The van der Waals surface area contributed by atoms with E-state index >= 15 is 4.39 Å². The molecule has 0 bridgehead atoms. The highest BCUT2D eigenvalue weighted by atomic mass is 19.1. The smallest absolute Gasteiger partial charge is 0.398 e. The highest BCUT2D eigenvalue weighted by molar-refractivity contribution is 6.54. The first-order valence-corrected chi connectivity index (χ1v) is 9.90. The minimum Gasteiger partial charge on any atom is -0.398 e. The van der Waals surface area contributed by atoms with E-state index in [1.165, 1.54) is 12.8 Å². The molecule has 1 aromatic heterocycles. The predicted octanol–water partition coefficient (Wildman–Crippen LogP) is 5.21. The van der Waals surface area contributed by atoms with Crippen molar-refractivity contribution in [2.45, 2.75) is 90.8 Å². The number of hydrogen-bond donors (Lipinski definition) is 1. The maximum Gasteiger partial charge on any atom is 0.525 e. The van der Waals surface area contributed by atoms with Gasteiger partial charge in [0.15, 0.2) is 0 Å². The van der Waals surface area contributed by atoms with Gasteiger partial charge in [0.1, 0.15) is 5.73 Å². The third-order valence-corrected chi connectivity index (χ3v) is 6.03. The molecule has 6 heteroatoms. The van der Waals surface area contributed by atoms with Crippen LogP contribution in [0.5, 0.6) is 0 Å². The van der Waals surface area contributed by atoms with Crippen LogP contribution in [0.1, 0.15) is 90.1 Å². The SMILES string of the molecule is CC(C)Cc1[nH]nc(C2CCCC2)c1C=C(F)B1OC(C)(C)C(C)(C)O1. The predicted molar refractivity (Wildman–Crippen MR) is 104 cm³/mol. The molecule has 4 nitrogen and oxygen atoms in total. The van der Waals surface area contributed by atoms with E-state index in [0.29, 0.717) is 11.8 Å². The molecule has 3 rings (SSSR count). The summed E-state index contributed by atoms with van der Waals surface area (Å²) in [6, 6.07) is 0. The maximum atomic E-state index is 15.1. The molecule has 2 aliphatic rings. The lowest BCUT2D eigenvalue weighted by Gasteiger charge is -2.32. The van der Waals surface area contributed by atoms with Crippen molar-refractivity contribution in [2.75, 3.05) is 0 Å². The van der Waals surface area contributed by atoms with Crippen LogP contribution >= 0.6 is 0 Å². The van der Waals surface area contributed by atoms with E-state index in [1.807, 2.05) is 27.7 Å². The molecule has 1 aliphatic heterocycles. The zero-order valence-corrected chi connectivity index (χ0v) is 17.0. The maximum absolute atomic E-state index is 15.1. The molecular weight excluding hydrogens is 330 g/mol. The summed E-state index contributed by atoms with van der Waals surface area (Å²) in [6.45, 7) is 12.1. The third-order valence-electron chi connectivity index (χ3n) is 6.03. The second-order valence-corrected chi connectivity index (χ2v) is 9.20. The van der Waals surface area contributed by atoms with Crippen molar-refractivity contribution in [1.82, 2.24) is 10.2 Å². The van der Waals surface area contributed by atoms with Crippen LogP contribution in [0.4, 0.5) is 4.39 Å². The topological polar surface area (TPSA) is 47.1 Å². The van der Waals surface area contributed by atoms with Crippen LogP contribution in [0.2, 0.25) is 0 Å². The van der Waals surface area contributed by atoms with Crippen LogP contribution in [0.3, 0.4) is 0 Å². The molecule has 0 unspecified atom stereocenters. The number of H-pyrrole nitrogens is 1.